The van der Waals surface area contributed by atoms with E-state index in [0.29, 0.717) is 0 Å². The first-order chi connectivity index (χ1) is 8.30. The number of nitrogens with zero attached hydrogens (tertiary/aromatic N) is 1. The molecule has 1 N–H and O–H groups in total. The minimum atomic E-state index is 0.210. The van der Waals surface area contributed by atoms with E-state index in [1.165, 1.54) is 58.0 Å². The highest BCUT2D eigenvalue weighted by molar-refractivity contribution is 4.95. The topological polar surface area (TPSA) is 24.5 Å². The maximum Gasteiger partial charge on any atom is 0.0805 e. The lowest BCUT2D eigenvalue weighted by Gasteiger charge is -2.45. The van der Waals surface area contributed by atoms with E-state index in [9.17, 15) is 0 Å². The zero-order chi connectivity index (χ0) is 11.7. The maximum atomic E-state index is 5.74. The van der Waals surface area contributed by atoms with Crippen LogP contribution < -0.4 is 5.32 Å². The van der Waals surface area contributed by atoms with Crippen molar-refractivity contribution in [2.75, 3.05) is 26.7 Å². The summed E-state index contributed by atoms with van der Waals surface area (Å²) in [6.07, 6.45) is 9.40. The summed E-state index contributed by atoms with van der Waals surface area (Å²) in [4.78, 5) is 2.63. The van der Waals surface area contributed by atoms with Crippen molar-refractivity contribution in [2.24, 2.45) is 0 Å². The van der Waals surface area contributed by atoms with Crippen LogP contribution in [-0.4, -0.2) is 49.3 Å². The molecule has 0 aromatic heterocycles. The number of rotatable bonds is 5. The highest BCUT2D eigenvalue weighted by Crippen LogP contribution is 2.36. The third-order valence-electron chi connectivity index (χ3n) is 4.76. The van der Waals surface area contributed by atoms with E-state index in [1.807, 2.05) is 7.11 Å². The Morgan fingerprint density at radius 1 is 1.18 bits per heavy atom. The smallest absolute Gasteiger partial charge is 0.0805 e. The van der Waals surface area contributed by atoms with E-state index < -0.39 is 0 Å². The summed E-state index contributed by atoms with van der Waals surface area (Å²) >= 11 is 0. The van der Waals surface area contributed by atoms with Gasteiger partial charge in [-0.25, -0.2) is 0 Å². The van der Waals surface area contributed by atoms with Crippen LogP contribution in [-0.2, 0) is 4.74 Å². The molecule has 98 valence electrons. The van der Waals surface area contributed by atoms with Gasteiger partial charge in [0.15, 0.2) is 0 Å². The zero-order valence-corrected chi connectivity index (χ0v) is 11.1. The van der Waals surface area contributed by atoms with Crippen LogP contribution in [0.4, 0.5) is 0 Å². The lowest BCUT2D eigenvalue weighted by atomic mass is 9.79. The van der Waals surface area contributed by atoms with E-state index in [-0.39, 0.29) is 5.60 Å². The summed E-state index contributed by atoms with van der Waals surface area (Å²) in [5.74, 6) is 0. The Bertz CT molecular complexity index is 255. The molecule has 1 aliphatic heterocycles. The van der Waals surface area contributed by atoms with Crippen LogP contribution in [0.1, 0.15) is 44.9 Å². The van der Waals surface area contributed by atoms with Gasteiger partial charge in [0.25, 0.3) is 0 Å². The van der Waals surface area contributed by atoms with Crippen molar-refractivity contribution in [1.82, 2.24) is 10.2 Å². The molecule has 2 aliphatic carbocycles. The minimum Gasteiger partial charge on any atom is -0.377 e. The van der Waals surface area contributed by atoms with Gasteiger partial charge in [0.2, 0.25) is 0 Å². The molecule has 2 saturated carbocycles. The lowest BCUT2D eigenvalue weighted by molar-refractivity contribution is -0.0946. The van der Waals surface area contributed by atoms with Crippen LogP contribution in [0.5, 0.6) is 0 Å². The standard InChI is InChI=1S/C14H26N2O/c1-17-14(7-3-8-14)11-16-9-2-4-13(10-16)15-12-5-6-12/h12-13,15H,2-11H2,1H3. The van der Waals surface area contributed by atoms with Crippen molar-refractivity contribution < 1.29 is 4.74 Å². The van der Waals surface area contributed by atoms with Gasteiger partial charge in [-0.2, -0.15) is 0 Å². The fraction of sp³-hybridized carbons (Fsp3) is 1.00. The minimum absolute atomic E-state index is 0.210. The van der Waals surface area contributed by atoms with E-state index in [2.05, 4.69) is 10.2 Å². The Kier molecular flexibility index (Phi) is 3.42. The molecule has 0 amide bonds. The van der Waals surface area contributed by atoms with Gasteiger partial charge in [-0.15, -0.1) is 0 Å². The van der Waals surface area contributed by atoms with Gasteiger partial charge in [0.1, 0.15) is 0 Å². The van der Waals surface area contributed by atoms with Crippen molar-refractivity contribution in [1.29, 1.82) is 0 Å². The second kappa shape index (κ2) is 4.87. The van der Waals surface area contributed by atoms with E-state index >= 15 is 0 Å². The average molecular weight is 238 g/mol. The SMILES string of the molecule is COC1(CN2CCCC(NC3CC3)C2)CCC1. The highest BCUT2D eigenvalue weighted by Gasteiger charge is 2.39. The molecule has 1 unspecified atom stereocenters. The molecule has 3 nitrogen and oxygen atoms in total. The van der Waals surface area contributed by atoms with Crippen LogP contribution in [0.15, 0.2) is 0 Å². The largest absolute Gasteiger partial charge is 0.377 e. The molecule has 0 radical (unpaired) electrons. The summed E-state index contributed by atoms with van der Waals surface area (Å²) in [5, 5.41) is 3.78. The Balaban J connectivity index is 1.48. The maximum absolute atomic E-state index is 5.74. The number of hydrogen-bond acceptors (Lipinski definition) is 3. The summed E-state index contributed by atoms with van der Waals surface area (Å²) < 4.78 is 5.74. The van der Waals surface area contributed by atoms with Crippen LogP contribution in [0.2, 0.25) is 0 Å². The van der Waals surface area contributed by atoms with Crippen LogP contribution in [0.3, 0.4) is 0 Å². The number of methoxy groups -OCH3 is 1. The monoisotopic (exact) mass is 238 g/mol. The molecular weight excluding hydrogens is 212 g/mol. The second-order valence-corrected chi connectivity index (χ2v) is 6.26. The first-order valence-corrected chi connectivity index (χ1v) is 7.33. The van der Waals surface area contributed by atoms with E-state index in [0.717, 1.165) is 18.6 Å². The van der Waals surface area contributed by atoms with Crippen LogP contribution >= 0.6 is 0 Å². The molecule has 3 fully saturated rings. The molecule has 3 aliphatic rings. The van der Waals surface area contributed by atoms with Crippen molar-refractivity contribution >= 4 is 0 Å². The number of likely N-dealkylation sites (tertiary alicyclic amines) is 1. The third kappa shape index (κ3) is 2.83. The molecule has 0 aromatic carbocycles. The first kappa shape index (κ1) is 11.9. The van der Waals surface area contributed by atoms with E-state index in [1.54, 1.807) is 0 Å². The summed E-state index contributed by atoms with van der Waals surface area (Å²) in [6, 6.07) is 1.59. The summed E-state index contributed by atoms with van der Waals surface area (Å²) in [5.41, 5.74) is 0.210. The zero-order valence-electron chi connectivity index (χ0n) is 11.1. The average Bonchev–Trinajstić information content (AvgIpc) is 3.08. The van der Waals surface area contributed by atoms with Crippen LogP contribution in [0.25, 0.3) is 0 Å². The Hall–Kier alpha value is -0.120. The second-order valence-electron chi connectivity index (χ2n) is 6.26. The molecule has 3 heteroatoms. The van der Waals surface area contributed by atoms with Crippen molar-refractivity contribution in [3.05, 3.63) is 0 Å². The Morgan fingerprint density at radius 3 is 2.59 bits per heavy atom. The van der Waals surface area contributed by atoms with Gasteiger partial charge in [0.05, 0.1) is 5.60 Å². The first-order valence-electron chi connectivity index (χ1n) is 7.33. The third-order valence-corrected chi connectivity index (χ3v) is 4.76. The van der Waals surface area contributed by atoms with E-state index in [4.69, 9.17) is 4.74 Å². The fourth-order valence-electron chi connectivity index (χ4n) is 3.32. The molecule has 17 heavy (non-hydrogen) atoms. The van der Waals surface area contributed by atoms with Crippen molar-refractivity contribution in [3.63, 3.8) is 0 Å². The molecule has 1 saturated heterocycles. The Morgan fingerprint density at radius 2 is 2.00 bits per heavy atom. The predicted molar refractivity (Wildman–Crippen MR) is 69.2 cm³/mol. The number of ether oxygens (including phenoxy) is 1. The van der Waals surface area contributed by atoms with Crippen molar-refractivity contribution in [2.45, 2.75) is 62.6 Å². The van der Waals surface area contributed by atoms with Gasteiger partial charge in [-0.3, -0.25) is 4.90 Å². The van der Waals surface area contributed by atoms with Gasteiger partial charge in [0, 0.05) is 32.3 Å². The summed E-state index contributed by atoms with van der Waals surface area (Å²) in [6.45, 7) is 3.67. The number of hydrogen-bond donors (Lipinski definition) is 1. The molecule has 0 aromatic rings. The quantitative estimate of drug-likeness (QED) is 0.790. The fourth-order valence-corrected chi connectivity index (χ4v) is 3.32. The van der Waals surface area contributed by atoms with Crippen molar-refractivity contribution in [3.8, 4) is 0 Å². The van der Waals surface area contributed by atoms with Gasteiger partial charge in [-0.05, 0) is 51.5 Å². The molecule has 0 spiro atoms. The summed E-state index contributed by atoms with van der Waals surface area (Å²) in [7, 11) is 1.89. The molecule has 1 atom stereocenters. The molecular formula is C14H26N2O. The van der Waals surface area contributed by atoms with Gasteiger partial charge < -0.3 is 10.1 Å². The molecule has 3 rings (SSSR count). The lowest BCUT2D eigenvalue weighted by Crippen LogP contribution is -2.54. The number of nitrogens with one attached hydrogen (secondary N) is 1. The molecule has 1 heterocycles. The predicted octanol–water partition coefficient (Wildman–Crippen LogP) is 1.77. The number of piperidine rings is 1. The normalized spacial score (nSPS) is 33.4. The molecule has 0 bridgehead atoms. The Labute approximate surface area is 105 Å². The van der Waals surface area contributed by atoms with Crippen LogP contribution in [0, 0.1) is 0 Å². The highest BCUT2D eigenvalue weighted by atomic mass is 16.5. The van der Waals surface area contributed by atoms with Gasteiger partial charge >= 0.3 is 0 Å². The van der Waals surface area contributed by atoms with Gasteiger partial charge in [-0.1, -0.05) is 0 Å².